The first kappa shape index (κ1) is 13.5. The number of aromatic nitrogens is 2. The van der Waals surface area contributed by atoms with E-state index in [4.69, 9.17) is 0 Å². The largest absolute Gasteiger partial charge is 0.364 e. The van der Waals surface area contributed by atoms with Gasteiger partial charge in [0.25, 0.3) is 0 Å². The van der Waals surface area contributed by atoms with Crippen molar-refractivity contribution in [1.82, 2.24) is 9.97 Å². The van der Waals surface area contributed by atoms with Gasteiger partial charge in [-0.15, -0.1) is 0 Å². The Bertz CT molecular complexity index is 506. The van der Waals surface area contributed by atoms with Crippen LogP contribution in [0.3, 0.4) is 0 Å². The summed E-state index contributed by atoms with van der Waals surface area (Å²) in [6, 6.07) is 8.74. The average Bonchev–Trinajstić information content (AvgIpc) is 2.99. The van der Waals surface area contributed by atoms with Crippen molar-refractivity contribution >= 4 is 0 Å². The van der Waals surface area contributed by atoms with E-state index in [0.29, 0.717) is 10.8 Å². The fraction of sp³-hybridized carbons (Fsp3) is 0.556. The third-order valence-electron chi connectivity index (χ3n) is 4.74. The van der Waals surface area contributed by atoms with Crippen molar-refractivity contribution < 1.29 is 0 Å². The van der Waals surface area contributed by atoms with Crippen LogP contribution in [0.2, 0.25) is 0 Å². The predicted molar refractivity (Wildman–Crippen MR) is 83.8 cm³/mol. The first-order valence-corrected chi connectivity index (χ1v) is 7.61. The molecule has 0 atom stereocenters. The molecule has 0 bridgehead atoms. The summed E-state index contributed by atoms with van der Waals surface area (Å²) in [7, 11) is 0. The third-order valence-corrected chi connectivity index (χ3v) is 4.74. The highest BCUT2D eigenvalue weighted by Crippen LogP contribution is 2.57. The van der Waals surface area contributed by atoms with Gasteiger partial charge < -0.3 is 9.97 Å². The Morgan fingerprint density at radius 2 is 1.20 bits per heavy atom. The molecule has 0 aliphatic heterocycles. The fourth-order valence-electron chi connectivity index (χ4n) is 4.90. The molecule has 0 amide bonds. The van der Waals surface area contributed by atoms with Gasteiger partial charge >= 0.3 is 0 Å². The zero-order valence-corrected chi connectivity index (χ0v) is 13.1. The van der Waals surface area contributed by atoms with E-state index < -0.39 is 0 Å². The van der Waals surface area contributed by atoms with Gasteiger partial charge in [-0.05, 0) is 54.4 Å². The maximum absolute atomic E-state index is 3.49. The van der Waals surface area contributed by atoms with Gasteiger partial charge in [0.05, 0.1) is 5.41 Å². The highest BCUT2D eigenvalue weighted by molar-refractivity contribution is 5.34. The van der Waals surface area contributed by atoms with Crippen LogP contribution < -0.4 is 0 Å². The molecule has 20 heavy (non-hydrogen) atoms. The lowest BCUT2D eigenvalue weighted by molar-refractivity contribution is 0.0594. The van der Waals surface area contributed by atoms with Crippen LogP contribution in [0, 0.1) is 10.8 Å². The van der Waals surface area contributed by atoms with Crippen molar-refractivity contribution in [3.63, 3.8) is 0 Å². The zero-order valence-electron chi connectivity index (χ0n) is 13.1. The standard InChI is InChI=1S/C18H26N2/c1-16(2)11-17(3,4)13-18(12-16,14-7-5-9-19-14)15-8-6-10-20-15/h5-10,19-20H,11-13H2,1-4H3. The second-order valence-electron chi connectivity index (χ2n) is 8.11. The Morgan fingerprint density at radius 1 is 0.750 bits per heavy atom. The topological polar surface area (TPSA) is 31.6 Å². The summed E-state index contributed by atoms with van der Waals surface area (Å²) >= 11 is 0. The van der Waals surface area contributed by atoms with Crippen LogP contribution in [-0.4, -0.2) is 9.97 Å². The van der Waals surface area contributed by atoms with Crippen LogP contribution in [0.4, 0.5) is 0 Å². The molecule has 2 N–H and O–H groups in total. The summed E-state index contributed by atoms with van der Waals surface area (Å²) in [5, 5.41) is 0. The second kappa shape index (κ2) is 4.28. The molecule has 0 saturated heterocycles. The Hall–Kier alpha value is -1.44. The van der Waals surface area contributed by atoms with E-state index in [1.54, 1.807) is 0 Å². The number of nitrogens with one attached hydrogen (secondary N) is 2. The highest BCUT2D eigenvalue weighted by atomic mass is 14.8. The van der Waals surface area contributed by atoms with Crippen LogP contribution in [0.5, 0.6) is 0 Å². The van der Waals surface area contributed by atoms with Gasteiger partial charge in [0.2, 0.25) is 0 Å². The van der Waals surface area contributed by atoms with Gasteiger partial charge in [-0.2, -0.15) is 0 Å². The lowest BCUT2D eigenvalue weighted by atomic mass is 9.53. The molecule has 1 fully saturated rings. The van der Waals surface area contributed by atoms with Gasteiger partial charge in [-0.25, -0.2) is 0 Å². The van der Waals surface area contributed by atoms with Gasteiger partial charge in [0, 0.05) is 23.8 Å². The lowest BCUT2D eigenvalue weighted by Gasteiger charge is -2.51. The third kappa shape index (κ3) is 2.21. The quantitative estimate of drug-likeness (QED) is 0.780. The predicted octanol–water partition coefficient (Wildman–Crippen LogP) is 4.87. The minimum atomic E-state index is 0.0816. The van der Waals surface area contributed by atoms with Crippen molar-refractivity contribution in [3.8, 4) is 0 Å². The number of rotatable bonds is 2. The van der Waals surface area contributed by atoms with Gasteiger partial charge in [-0.1, -0.05) is 27.7 Å². The van der Waals surface area contributed by atoms with E-state index in [2.05, 4.69) is 74.3 Å². The molecule has 0 unspecified atom stereocenters. The molecule has 0 spiro atoms. The Balaban J connectivity index is 2.16. The molecule has 1 aliphatic rings. The van der Waals surface area contributed by atoms with Gasteiger partial charge in [0.15, 0.2) is 0 Å². The van der Waals surface area contributed by atoms with Crippen molar-refractivity contribution in [2.45, 2.75) is 52.4 Å². The maximum Gasteiger partial charge on any atom is 0.0513 e. The summed E-state index contributed by atoms with van der Waals surface area (Å²) in [6.45, 7) is 9.64. The molecule has 1 aliphatic carbocycles. The zero-order chi connectivity index (χ0) is 14.4. The Labute approximate surface area is 122 Å². The van der Waals surface area contributed by atoms with E-state index in [9.17, 15) is 0 Å². The molecule has 0 aromatic carbocycles. The summed E-state index contributed by atoms with van der Waals surface area (Å²) in [5.41, 5.74) is 3.47. The van der Waals surface area contributed by atoms with Crippen LogP contribution in [-0.2, 0) is 5.41 Å². The van der Waals surface area contributed by atoms with Crippen LogP contribution >= 0.6 is 0 Å². The van der Waals surface area contributed by atoms with E-state index in [1.807, 2.05) is 0 Å². The molecule has 2 nitrogen and oxygen atoms in total. The second-order valence-corrected chi connectivity index (χ2v) is 8.11. The molecule has 2 aromatic heterocycles. The molecule has 2 heterocycles. The number of hydrogen-bond acceptors (Lipinski definition) is 0. The normalized spacial score (nSPS) is 23.6. The minimum Gasteiger partial charge on any atom is -0.364 e. The maximum atomic E-state index is 3.49. The molecular formula is C18H26N2. The summed E-state index contributed by atoms with van der Waals surface area (Å²) < 4.78 is 0. The van der Waals surface area contributed by atoms with Crippen molar-refractivity contribution in [1.29, 1.82) is 0 Å². The molecule has 0 radical (unpaired) electrons. The average molecular weight is 270 g/mol. The molecule has 3 rings (SSSR count). The fourth-order valence-corrected chi connectivity index (χ4v) is 4.90. The number of hydrogen-bond donors (Lipinski definition) is 2. The van der Waals surface area contributed by atoms with E-state index in [-0.39, 0.29) is 5.41 Å². The molecule has 2 aromatic rings. The highest BCUT2D eigenvalue weighted by Gasteiger charge is 2.50. The number of H-pyrrole nitrogens is 2. The molecule has 108 valence electrons. The Morgan fingerprint density at radius 3 is 1.55 bits per heavy atom. The van der Waals surface area contributed by atoms with Crippen LogP contribution in [0.25, 0.3) is 0 Å². The smallest absolute Gasteiger partial charge is 0.0513 e. The summed E-state index contributed by atoms with van der Waals surface area (Å²) in [6.07, 6.45) is 7.75. The monoisotopic (exact) mass is 270 g/mol. The summed E-state index contributed by atoms with van der Waals surface area (Å²) in [5.74, 6) is 0. The lowest BCUT2D eigenvalue weighted by Crippen LogP contribution is -2.45. The SMILES string of the molecule is CC1(C)CC(C)(C)CC(c2ccc[nH]2)(c2ccc[nH]2)C1. The molecule has 2 heteroatoms. The van der Waals surface area contributed by atoms with Crippen LogP contribution in [0.1, 0.15) is 58.3 Å². The summed E-state index contributed by atoms with van der Waals surface area (Å²) in [4.78, 5) is 6.98. The van der Waals surface area contributed by atoms with Gasteiger partial charge in [0.1, 0.15) is 0 Å². The van der Waals surface area contributed by atoms with Crippen LogP contribution in [0.15, 0.2) is 36.7 Å². The first-order valence-electron chi connectivity index (χ1n) is 7.61. The van der Waals surface area contributed by atoms with Crippen molar-refractivity contribution in [2.75, 3.05) is 0 Å². The number of aromatic amines is 2. The van der Waals surface area contributed by atoms with Crippen molar-refractivity contribution in [2.24, 2.45) is 10.8 Å². The Kier molecular flexibility index (Phi) is 2.89. The molecule has 1 saturated carbocycles. The van der Waals surface area contributed by atoms with E-state index >= 15 is 0 Å². The van der Waals surface area contributed by atoms with E-state index in [0.717, 1.165) is 0 Å². The first-order chi connectivity index (χ1) is 9.33. The molecular weight excluding hydrogens is 244 g/mol. The van der Waals surface area contributed by atoms with Gasteiger partial charge in [-0.3, -0.25) is 0 Å². The van der Waals surface area contributed by atoms with E-state index in [1.165, 1.54) is 30.7 Å². The minimum absolute atomic E-state index is 0.0816. The van der Waals surface area contributed by atoms with Crippen molar-refractivity contribution in [3.05, 3.63) is 48.0 Å².